The molecule has 0 bridgehead atoms. The van der Waals surface area contributed by atoms with Gasteiger partial charge in [-0.25, -0.2) is 0 Å². The zero-order valence-corrected chi connectivity index (χ0v) is 30.6. The number of unbranched alkanes of at least 4 members (excludes halogenated alkanes) is 3. The van der Waals surface area contributed by atoms with Crippen LogP contribution in [-0.2, 0) is 48.3 Å². The van der Waals surface area contributed by atoms with E-state index in [4.69, 9.17) is 33.2 Å². The molecule has 5 atom stereocenters. The molecule has 1 heterocycles. The lowest BCUT2D eigenvalue weighted by atomic mass is 9.98. The number of methoxy groups -OCH3 is 1. The number of carbonyl (C=O) groups is 1. The third-order valence-electron chi connectivity index (χ3n) is 9.39. The first-order valence-corrected chi connectivity index (χ1v) is 18.6. The lowest BCUT2D eigenvalue weighted by Crippen LogP contribution is -2.60. The summed E-state index contributed by atoms with van der Waals surface area (Å²) in [6.07, 6.45) is 1.47. The molecule has 1 fully saturated rings. The van der Waals surface area contributed by atoms with Crippen LogP contribution in [0.2, 0.25) is 0 Å². The van der Waals surface area contributed by atoms with Crippen molar-refractivity contribution in [2.45, 2.75) is 89.6 Å². The Morgan fingerprint density at radius 2 is 1.11 bits per heavy atom. The van der Waals surface area contributed by atoms with E-state index in [9.17, 15) is 4.79 Å². The predicted octanol–water partition coefficient (Wildman–Crippen LogP) is 9.22. The lowest BCUT2D eigenvalue weighted by Gasteiger charge is -2.45. The Morgan fingerprint density at radius 1 is 0.585 bits per heavy atom. The molecular formula is C45H50O8. The van der Waals surface area contributed by atoms with Crippen molar-refractivity contribution in [1.82, 2.24) is 0 Å². The van der Waals surface area contributed by atoms with Gasteiger partial charge in [0, 0.05) is 6.42 Å². The van der Waals surface area contributed by atoms with E-state index in [0.717, 1.165) is 58.9 Å². The van der Waals surface area contributed by atoms with Crippen molar-refractivity contribution in [1.29, 1.82) is 0 Å². The van der Waals surface area contributed by atoms with Crippen LogP contribution in [0.3, 0.4) is 0 Å². The fourth-order valence-corrected chi connectivity index (χ4v) is 6.48. The molecule has 8 heteroatoms. The Bertz CT molecular complexity index is 1820. The van der Waals surface area contributed by atoms with E-state index in [-0.39, 0.29) is 12.1 Å². The van der Waals surface area contributed by atoms with Crippen LogP contribution in [0.5, 0.6) is 11.5 Å². The molecule has 0 amide bonds. The third-order valence-corrected chi connectivity index (χ3v) is 9.39. The van der Waals surface area contributed by atoms with Crippen molar-refractivity contribution in [3.63, 3.8) is 0 Å². The first kappa shape index (κ1) is 38.0. The van der Waals surface area contributed by atoms with E-state index in [1.54, 1.807) is 0 Å². The largest absolute Gasteiger partial charge is 0.494 e. The Morgan fingerprint density at radius 3 is 1.72 bits per heavy atom. The van der Waals surface area contributed by atoms with E-state index in [2.05, 4.69) is 30.3 Å². The average Bonchev–Trinajstić information content (AvgIpc) is 3.20. The second-order valence-electron chi connectivity index (χ2n) is 13.4. The van der Waals surface area contributed by atoms with Crippen LogP contribution >= 0.6 is 0 Å². The van der Waals surface area contributed by atoms with Gasteiger partial charge in [0.05, 0.1) is 39.6 Å². The highest BCUT2D eigenvalue weighted by Gasteiger charge is 2.48. The van der Waals surface area contributed by atoms with E-state index < -0.39 is 24.6 Å². The summed E-state index contributed by atoms with van der Waals surface area (Å²) >= 11 is 0. The number of fused-ring (bicyclic) bond motifs is 1. The Balaban J connectivity index is 1.18. The minimum Gasteiger partial charge on any atom is -0.494 e. The summed E-state index contributed by atoms with van der Waals surface area (Å²) in [5, 5.41) is 2.06. The predicted molar refractivity (Wildman–Crippen MR) is 205 cm³/mol. The van der Waals surface area contributed by atoms with Crippen molar-refractivity contribution in [3.8, 4) is 11.5 Å². The summed E-state index contributed by atoms with van der Waals surface area (Å²) < 4.78 is 44.1. The summed E-state index contributed by atoms with van der Waals surface area (Å²) in [7, 11) is 1.43. The molecule has 1 aliphatic heterocycles. The molecule has 278 valence electrons. The van der Waals surface area contributed by atoms with Gasteiger partial charge in [0.25, 0.3) is 0 Å². The maximum absolute atomic E-state index is 11.3. The number of rotatable bonds is 19. The number of benzene rings is 5. The van der Waals surface area contributed by atoms with Gasteiger partial charge in [-0.3, -0.25) is 4.79 Å². The summed E-state index contributed by atoms with van der Waals surface area (Å²) in [5.41, 5.74) is 3.16. The molecule has 53 heavy (non-hydrogen) atoms. The number of ether oxygens (including phenoxy) is 7. The Hall–Kier alpha value is -4.73. The Kier molecular flexibility index (Phi) is 14.3. The highest BCUT2D eigenvalue weighted by molar-refractivity contribution is 5.85. The SMILES string of the molecule is COC(=O)CCCCCCOc1ccc2ccc(OC3O[C@@H](C)[C@@H](OCc4ccccc4)[C@@H](OCc4ccccc4)[C@@H]3OCc3ccccc3)cc2c1. The summed E-state index contributed by atoms with van der Waals surface area (Å²) in [4.78, 5) is 11.3. The van der Waals surface area contributed by atoms with E-state index in [0.29, 0.717) is 38.6 Å². The van der Waals surface area contributed by atoms with Gasteiger partial charge in [0.1, 0.15) is 29.8 Å². The fourth-order valence-electron chi connectivity index (χ4n) is 6.48. The first-order valence-electron chi connectivity index (χ1n) is 18.6. The van der Waals surface area contributed by atoms with Gasteiger partial charge >= 0.3 is 5.97 Å². The van der Waals surface area contributed by atoms with Crippen LogP contribution in [0.1, 0.15) is 55.7 Å². The van der Waals surface area contributed by atoms with Gasteiger partial charge in [0.2, 0.25) is 6.29 Å². The minimum atomic E-state index is -0.776. The third kappa shape index (κ3) is 11.4. The molecule has 0 N–H and O–H groups in total. The highest BCUT2D eigenvalue weighted by atomic mass is 16.7. The number of hydrogen-bond donors (Lipinski definition) is 0. The van der Waals surface area contributed by atoms with Crippen molar-refractivity contribution in [3.05, 3.63) is 144 Å². The van der Waals surface area contributed by atoms with Crippen LogP contribution in [0, 0.1) is 0 Å². The van der Waals surface area contributed by atoms with E-state index in [1.807, 2.05) is 104 Å². The summed E-state index contributed by atoms with van der Waals surface area (Å²) in [6, 6.07) is 42.4. The lowest BCUT2D eigenvalue weighted by molar-refractivity contribution is -0.300. The first-order chi connectivity index (χ1) is 26.1. The van der Waals surface area contributed by atoms with Crippen LogP contribution in [0.4, 0.5) is 0 Å². The number of esters is 1. The maximum Gasteiger partial charge on any atom is 0.305 e. The van der Waals surface area contributed by atoms with E-state index in [1.165, 1.54) is 7.11 Å². The topological polar surface area (TPSA) is 81.7 Å². The van der Waals surface area contributed by atoms with Crippen LogP contribution in [0.25, 0.3) is 10.8 Å². The van der Waals surface area contributed by atoms with Crippen molar-refractivity contribution in [2.75, 3.05) is 13.7 Å². The second-order valence-corrected chi connectivity index (χ2v) is 13.4. The molecule has 1 aliphatic rings. The van der Waals surface area contributed by atoms with Crippen LogP contribution in [0.15, 0.2) is 127 Å². The molecule has 0 saturated carbocycles. The Labute approximate surface area is 312 Å². The minimum absolute atomic E-state index is 0.159. The molecule has 5 aromatic carbocycles. The van der Waals surface area contributed by atoms with Crippen LogP contribution < -0.4 is 9.47 Å². The normalized spacial score (nSPS) is 19.8. The number of hydrogen-bond acceptors (Lipinski definition) is 8. The van der Waals surface area contributed by atoms with Crippen molar-refractivity contribution in [2.24, 2.45) is 0 Å². The van der Waals surface area contributed by atoms with Crippen molar-refractivity contribution >= 4 is 16.7 Å². The average molecular weight is 719 g/mol. The summed E-state index contributed by atoms with van der Waals surface area (Å²) in [5.74, 6) is 1.29. The van der Waals surface area contributed by atoms with Gasteiger partial charge in [-0.1, -0.05) is 116 Å². The quantitative estimate of drug-likeness (QED) is 0.0618. The van der Waals surface area contributed by atoms with Crippen molar-refractivity contribution < 1.29 is 38.0 Å². The number of carbonyl (C=O) groups excluding carboxylic acids is 1. The molecule has 0 spiro atoms. The van der Waals surface area contributed by atoms with Gasteiger partial charge in [-0.05, 0) is 71.5 Å². The zero-order valence-electron chi connectivity index (χ0n) is 30.6. The maximum atomic E-state index is 11.3. The standard InChI is InChI=1S/C45H50O8/c1-33-42(49-30-34-16-8-5-9-17-34)43(50-31-35-18-10-6-11-19-35)44(51-32-36-20-12-7-13-21-36)45(52-33)53-40-26-24-37-23-25-39(28-38(37)29-40)48-27-15-4-3-14-22-41(46)47-2/h5-13,16-21,23-26,28-29,33,42-45H,3-4,14-15,22,27,30-32H2,1-2H3/t33-,42+,43+,44-,45?/m0/s1. The molecule has 0 aromatic heterocycles. The van der Waals surface area contributed by atoms with Gasteiger partial charge in [-0.2, -0.15) is 0 Å². The molecule has 6 rings (SSSR count). The van der Waals surface area contributed by atoms with Crippen LogP contribution in [-0.4, -0.2) is 50.4 Å². The zero-order chi connectivity index (χ0) is 36.7. The van der Waals surface area contributed by atoms with E-state index >= 15 is 0 Å². The molecule has 1 unspecified atom stereocenters. The molecular weight excluding hydrogens is 668 g/mol. The molecule has 1 saturated heterocycles. The van der Waals surface area contributed by atoms with Gasteiger partial charge in [0.15, 0.2) is 0 Å². The molecule has 8 nitrogen and oxygen atoms in total. The summed E-state index contributed by atoms with van der Waals surface area (Å²) in [6.45, 7) is 3.75. The highest BCUT2D eigenvalue weighted by Crippen LogP contribution is 2.33. The molecule has 0 aliphatic carbocycles. The fraction of sp³-hybridized carbons (Fsp3) is 0.356. The second kappa shape index (κ2) is 19.9. The molecule has 0 radical (unpaired) electrons. The molecule has 5 aromatic rings. The van der Waals surface area contributed by atoms with Gasteiger partial charge in [-0.15, -0.1) is 0 Å². The van der Waals surface area contributed by atoms with Gasteiger partial charge < -0.3 is 33.2 Å². The smallest absolute Gasteiger partial charge is 0.305 e. The monoisotopic (exact) mass is 718 g/mol.